The zero-order valence-corrected chi connectivity index (χ0v) is 11.0. The number of alkyl halides is 2. The van der Waals surface area contributed by atoms with Gasteiger partial charge in [0.15, 0.2) is 0 Å². The Balaban J connectivity index is 1.45. The molecule has 3 fully saturated rings. The summed E-state index contributed by atoms with van der Waals surface area (Å²) in [5.74, 6) is -4.65. The van der Waals surface area contributed by atoms with Crippen LogP contribution in [0.2, 0.25) is 0 Å². The minimum absolute atomic E-state index is 0.0152. The lowest BCUT2D eigenvalue weighted by Crippen LogP contribution is -2.35. The van der Waals surface area contributed by atoms with Crippen molar-refractivity contribution in [1.82, 2.24) is 0 Å². The van der Waals surface area contributed by atoms with Gasteiger partial charge < -0.3 is 14.2 Å². The summed E-state index contributed by atoms with van der Waals surface area (Å²) in [6.07, 6.45) is 1.29. The average molecular weight is 290 g/mol. The number of halogens is 2. The van der Waals surface area contributed by atoms with E-state index in [1.165, 1.54) is 0 Å². The Labute approximate surface area is 114 Å². The standard InChI is InChI=1S/C13H16F2O5/c1-13(14,15)12(17)19-3-2-18-9-6-4-7-8(5-6)11(16)20-10(7)9/h6-10H,2-5H2,1H3. The van der Waals surface area contributed by atoms with E-state index in [0.717, 1.165) is 12.8 Å². The van der Waals surface area contributed by atoms with Gasteiger partial charge in [0, 0.05) is 12.8 Å². The zero-order chi connectivity index (χ0) is 14.5. The molecular formula is C13H16F2O5. The molecule has 112 valence electrons. The minimum atomic E-state index is -3.49. The molecule has 20 heavy (non-hydrogen) atoms. The Kier molecular flexibility index (Phi) is 3.19. The van der Waals surface area contributed by atoms with Gasteiger partial charge in [-0.25, -0.2) is 4.79 Å². The van der Waals surface area contributed by atoms with Crippen LogP contribution in [0.4, 0.5) is 8.78 Å². The molecule has 0 aromatic heterocycles. The Morgan fingerprint density at radius 1 is 1.40 bits per heavy atom. The van der Waals surface area contributed by atoms with Gasteiger partial charge in [-0.2, -0.15) is 8.78 Å². The number of hydrogen-bond donors (Lipinski definition) is 0. The molecule has 0 amide bonds. The van der Waals surface area contributed by atoms with E-state index in [1.54, 1.807) is 0 Å². The van der Waals surface area contributed by atoms with Crippen LogP contribution in [0.15, 0.2) is 0 Å². The van der Waals surface area contributed by atoms with Crippen molar-refractivity contribution in [2.24, 2.45) is 17.8 Å². The van der Waals surface area contributed by atoms with Gasteiger partial charge in [0.2, 0.25) is 0 Å². The smallest absolute Gasteiger partial charge is 0.376 e. The number of esters is 2. The Hall–Kier alpha value is -1.24. The van der Waals surface area contributed by atoms with E-state index >= 15 is 0 Å². The highest BCUT2D eigenvalue weighted by atomic mass is 19.3. The fourth-order valence-electron chi connectivity index (χ4n) is 3.58. The Bertz CT molecular complexity index is 433. The second kappa shape index (κ2) is 4.65. The predicted octanol–water partition coefficient (Wildman–Crippen LogP) is 1.15. The normalized spacial score (nSPS) is 38.1. The molecule has 5 atom stereocenters. The van der Waals surface area contributed by atoms with E-state index in [1.807, 2.05) is 0 Å². The van der Waals surface area contributed by atoms with Crippen molar-refractivity contribution in [3.63, 3.8) is 0 Å². The highest BCUT2D eigenvalue weighted by Crippen LogP contribution is 2.55. The van der Waals surface area contributed by atoms with Crippen LogP contribution in [-0.4, -0.2) is 43.3 Å². The van der Waals surface area contributed by atoms with Crippen LogP contribution >= 0.6 is 0 Å². The molecule has 5 unspecified atom stereocenters. The Morgan fingerprint density at radius 3 is 2.85 bits per heavy atom. The van der Waals surface area contributed by atoms with Crippen molar-refractivity contribution in [3.8, 4) is 0 Å². The third-order valence-electron chi connectivity index (χ3n) is 4.40. The summed E-state index contributed by atoms with van der Waals surface area (Å²) >= 11 is 0. The largest absolute Gasteiger partial charge is 0.459 e. The number of ether oxygens (including phenoxy) is 3. The molecule has 3 aliphatic rings. The maximum atomic E-state index is 12.6. The molecule has 7 heteroatoms. The van der Waals surface area contributed by atoms with Crippen LogP contribution in [0.1, 0.15) is 19.8 Å². The molecule has 0 radical (unpaired) electrons. The van der Waals surface area contributed by atoms with Gasteiger partial charge in [0.05, 0.1) is 18.6 Å². The fourth-order valence-corrected chi connectivity index (χ4v) is 3.58. The van der Waals surface area contributed by atoms with Gasteiger partial charge in [-0.15, -0.1) is 0 Å². The molecule has 2 saturated carbocycles. The Morgan fingerprint density at radius 2 is 2.15 bits per heavy atom. The van der Waals surface area contributed by atoms with Gasteiger partial charge >= 0.3 is 17.9 Å². The predicted molar refractivity (Wildman–Crippen MR) is 60.9 cm³/mol. The van der Waals surface area contributed by atoms with Gasteiger partial charge in [-0.1, -0.05) is 0 Å². The van der Waals surface area contributed by atoms with Crippen molar-refractivity contribution in [3.05, 3.63) is 0 Å². The lowest BCUT2D eigenvalue weighted by atomic mass is 9.88. The van der Waals surface area contributed by atoms with E-state index in [2.05, 4.69) is 4.74 Å². The van der Waals surface area contributed by atoms with Gasteiger partial charge in [0.1, 0.15) is 12.7 Å². The topological polar surface area (TPSA) is 61.8 Å². The molecule has 0 spiro atoms. The maximum absolute atomic E-state index is 12.6. The molecule has 0 aromatic rings. The monoisotopic (exact) mass is 290 g/mol. The first-order valence-corrected chi connectivity index (χ1v) is 6.75. The summed E-state index contributed by atoms with van der Waals surface area (Å²) in [7, 11) is 0. The molecule has 5 nitrogen and oxygen atoms in total. The first-order chi connectivity index (χ1) is 9.38. The van der Waals surface area contributed by atoms with Crippen molar-refractivity contribution in [2.45, 2.75) is 37.9 Å². The van der Waals surface area contributed by atoms with Crippen LogP contribution < -0.4 is 0 Å². The van der Waals surface area contributed by atoms with Crippen LogP contribution in [-0.2, 0) is 23.8 Å². The second-order valence-electron chi connectivity index (χ2n) is 5.76. The quantitative estimate of drug-likeness (QED) is 0.561. The molecule has 1 aliphatic heterocycles. The number of carbonyl (C=O) groups is 2. The highest BCUT2D eigenvalue weighted by molar-refractivity contribution is 5.77. The summed E-state index contributed by atoms with van der Waals surface area (Å²) in [5.41, 5.74) is 0. The summed E-state index contributed by atoms with van der Waals surface area (Å²) in [5, 5.41) is 0. The molecule has 2 aliphatic carbocycles. The number of fused-ring (bicyclic) bond motifs is 1. The third kappa shape index (κ3) is 2.17. The molecule has 1 heterocycles. The van der Waals surface area contributed by atoms with E-state index in [4.69, 9.17) is 9.47 Å². The minimum Gasteiger partial charge on any atom is -0.459 e. The van der Waals surface area contributed by atoms with Crippen molar-refractivity contribution in [1.29, 1.82) is 0 Å². The molecule has 3 rings (SSSR count). The fraction of sp³-hybridized carbons (Fsp3) is 0.846. The van der Waals surface area contributed by atoms with Crippen molar-refractivity contribution < 1.29 is 32.6 Å². The first-order valence-electron chi connectivity index (χ1n) is 6.75. The summed E-state index contributed by atoms with van der Waals surface area (Å²) < 4.78 is 40.4. The summed E-state index contributed by atoms with van der Waals surface area (Å²) in [6, 6.07) is 0. The number of carbonyl (C=O) groups excluding carboxylic acids is 2. The van der Waals surface area contributed by atoms with Gasteiger partial charge in [-0.05, 0) is 18.8 Å². The zero-order valence-electron chi connectivity index (χ0n) is 11.0. The lowest BCUT2D eigenvalue weighted by Gasteiger charge is -2.25. The average Bonchev–Trinajstić information content (AvgIpc) is 2.96. The van der Waals surface area contributed by atoms with Crippen molar-refractivity contribution >= 4 is 11.9 Å². The van der Waals surface area contributed by atoms with Crippen molar-refractivity contribution in [2.75, 3.05) is 13.2 Å². The van der Waals surface area contributed by atoms with Crippen LogP contribution in [0.3, 0.4) is 0 Å². The third-order valence-corrected chi connectivity index (χ3v) is 4.40. The van der Waals surface area contributed by atoms with Gasteiger partial charge in [-0.3, -0.25) is 4.79 Å². The van der Waals surface area contributed by atoms with E-state index in [-0.39, 0.29) is 49.1 Å². The maximum Gasteiger partial charge on any atom is 0.376 e. The van der Waals surface area contributed by atoms with Crippen LogP contribution in [0, 0.1) is 17.8 Å². The van der Waals surface area contributed by atoms with Crippen LogP contribution in [0.25, 0.3) is 0 Å². The van der Waals surface area contributed by atoms with E-state index < -0.39 is 11.9 Å². The highest BCUT2D eigenvalue weighted by Gasteiger charge is 2.62. The second-order valence-corrected chi connectivity index (χ2v) is 5.76. The number of hydrogen-bond acceptors (Lipinski definition) is 5. The summed E-state index contributed by atoms with van der Waals surface area (Å²) in [4.78, 5) is 22.4. The molecule has 0 N–H and O–H groups in total. The van der Waals surface area contributed by atoms with E-state index in [9.17, 15) is 18.4 Å². The SMILES string of the molecule is CC(F)(F)C(=O)OCCOC1C2CC3C(=O)OC1C3C2. The lowest BCUT2D eigenvalue weighted by molar-refractivity contribution is -0.172. The molecule has 0 aromatic carbocycles. The molecular weight excluding hydrogens is 274 g/mol. The molecule has 1 saturated heterocycles. The van der Waals surface area contributed by atoms with E-state index in [0.29, 0.717) is 6.92 Å². The summed E-state index contributed by atoms with van der Waals surface area (Å²) in [6.45, 7) is 0.304. The van der Waals surface area contributed by atoms with Gasteiger partial charge in [0.25, 0.3) is 0 Å². The first kappa shape index (κ1) is 13.7. The number of rotatable bonds is 5. The molecule has 2 bridgehead atoms. The van der Waals surface area contributed by atoms with Crippen LogP contribution in [0.5, 0.6) is 0 Å².